The highest BCUT2D eigenvalue weighted by atomic mass is 16.6. The number of benzene rings is 1. The van der Waals surface area contributed by atoms with Gasteiger partial charge in [0.05, 0.1) is 52.9 Å². The van der Waals surface area contributed by atoms with Gasteiger partial charge in [0.2, 0.25) is 23.6 Å². The molecule has 0 unspecified atom stereocenters. The number of rotatable bonds is 25. The molecule has 0 radical (unpaired) electrons. The van der Waals surface area contributed by atoms with E-state index in [0.29, 0.717) is 38.7 Å². The molecule has 276 valence electrons. The van der Waals surface area contributed by atoms with Crippen LogP contribution in [0.5, 0.6) is 0 Å². The molecule has 50 heavy (non-hydrogen) atoms. The van der Waals surface area contributed by atoms with Gasteiger partial charge in [0.1, 0.15) is 18.7 Å². The topological polar surface area (TPSA) is 217 Å². The molecule has 0 aromatic heterocycles. The maximum absolute atomic E-state index is 12.5. The van der Waals surface area contributed by atoms with Gasteiger partial charge in [-0.15, -0.1) is 0 Å². The normalized spacial score (nSPS) is 13.5. The van der Waals surface area contributed by atoms with Crippen molar-refractivity contribution in [3.8, 4) is 0 Å². The molecule has 6 amide bonds. The minimum absolute atomic E-state index is 0.0216. The third-order valence-corrected chi connectivity index (χ3v) is 6.81. The number of nitrogens with zero attached hydrogens (tertiary/aromatic N) is 1. The van der Waals surface area contributed by atoms with Gasteiger partial charge in [0.15, 0.2) is 0 Å². The summed E-state index contributed by atoms with van der Waals surface area (Å²) in [6, 6.07) is 4.98. The lowest BCUT2D eigenvalue weighted by Gasteiger charge is -2.18. The molecule has 0 aliphatic carbocycles. The van der Waals surface area contributed by atoms with Crippen molar-refractivity contribution in [1.82, 2.24) is 20.9 Å². The molecule has 0 saturated heterocycles. The fourth-order valence-electron chi connectivity index (χ4n) is 4.05. The quantitative estimate of drug-likeness (QED) is 0.0580. The average molecular weight is 706 g/mol. The fraction of sp³-hybridized carbons (Fsp3) is 0.545. The number of amides is 6. The molecule has 1 heterocycles. The van der Waals surface area contributed by atoms with Crippen LogP contribution in [-0.4, -0.2) is 124 Å². The molecule has 0 fully saturated rings. The summed E-state index contributed by atoms with van der Waals surface area (Å²) < 4.78 is 26.5. The SMILES string of the molecule is CC(=O)OCc1ccc(NC(=O)[C@@H](C)NC(=O)[C@@H](C)NC(=O)CCOCCOCCOCCOCCNC(=O)CCN2C(=O)C=CC2=O)cc1. The number of imide groups is 1. The Morgan fingerprint density at radius 3 is 1.80 bits per heavy atom. The summed E-state index contributed by atoms with van der Waals surface area (Å²) in [5.41, 5.74) is 1.27. The van der Waals surface area contributed by atoms with Crippen LogP contribution in [0.2, 0.25) is 0 Å². The van der Waals surface area contributed by atoms with Crippen molar-refractivity contribution in [3.05, 3.63) is 42.0 Å². The number of anilines is 1. The standard InChI is InChI=1S/C33H47N5O12/c1-23(32(44)36-24(2)33(45)37-27-6-4-26(5-7-27)22-50-25(3)39)35-29(41)11-14-46-16-18-48-20-21-49-19-17-47-15-12-34-28(40)10-13-38-30(42)8-9-31(38)43/h4-9,23-24H,10-22H2,1-3H3,(H,34,40)(H,35,41)(H,36,44)(H,37,45)/t23-,24-/m1/s1. The van der Waals surface area contributed by atoms with Crippen LogP contribution in [0.1, 0.15) is 39.2 Å². The van der Waals surface area contributed by atoms with E-state index < -0.39 is 41.7 Å². The second-order valence-electron chi connectivity index (χ2n) is 10.9. The molecule has 1 aromatic rings. The van der Waals surface area contributed by atoms with Gasteiger partial charge in [-0.05, 0) is 31.5 Å². The van der Waals surface area contributed by atoms with Gasteiger partial charge in [-0.25, -0.2) is 0 Å². The van der Waals surface area contributed by atoms with Crippen molar-refractivity contribution in [2.24, 2.45) is 0 Å². The van der Waals surface area contributed by atoms with E-state index in [1.807, 2.05) is 0 Å². The number of esters is 1. The Morgan fingerprint density at radius 2 is 1.22 bits per heavy atom. The van der Waals surface area contributed by atoms with Crippen LogP contribution in [0.15, 0.2) is 36.4 Å². The lowest BCUT2D eigenvalue weighted by atomic mass is 10.2. The van der Waals surface area contributed by atoms with Crippen molar-refractivity contribution in [2.45, 2.75) is 52.3 Å². The predicted molar refractivity (Wildman–Crippen MR) is 177 cm³/mol. The van der Waals surface area contributed by atoms with E-state index in [4.69, 9.17) is 23.7 Å². The van der Waals surface area contributed by atoms with E-state index in [1.54, 1.807) is 24.3 Å². The molecule has 1 aliphatic heterocycles. The molecular weight excluding hydrogens is 658 g/mol. The van der Waals surface area contributed by atoms with Gasteiger partial charge in [-0.2, -0.15) is 0 Å². The number of hydrogen-bond donors (Lipinski definition) is 4. The van der Waals surface area contributed by atoms with Crippen molar-refractivity contribution < 1.29 is 57.2 Å². The summed E-state index contributed by atoms with van der Waals surface area (Å²) >= 11 is 0. The van der Waals surface area contributed by atoms with Gasteiger partial charge in [-0.1, -0.05) is 12.1 Å². The maximum Gasteiger partial charge on any atom is 0.302 e. The first-order valence-electron chi connectivity index (χ1n) is 16.2. The average Bonchev–Trinajstić information content (AvgIpc) is 3.40. The molecule has 4 N–H and O–H groups in total. The van der Waals surface area contributed by atoms with Crippen LogP contribution in [-0.2, 0) is 63.9 Å². The summed E-state index contributed by atoms with van der Waals surface area (Å²) in [5.74, 6) is -2.87. The molecule has 2 rings (SSSR count). The lowest BCUT2D eigenvalue weighted by molar-refractivity contribution is -0.142. The summed E-state index contributed by atoms with van der Waals surface area (Å²) in [6.07, 6.45) is 2.40. The van der Waals surface area contributed by atoms with Crippen LogP contribution < -0.4 is 21.3 Å². The molecule has 17 nitrogen and oxygen atoms in total. The number of carbonyl (C=O) groups excluding carboxylic acids is 7. The zero-order valence-corrected chi connectivity index (χ0v) is 28.7. The zero-order valence-electron chi connectivity index (χ0n) is 28.7. The molecule has 0 saturated carbocycles. The molecule has 1 aliphatic rings. The molecular formula is C33H47N5O12. The summed E-state index contributed by atoms with van der Waals surface area (Å²) in [4.78, 5) is 83.8. The van der Waals surface area contributed by atoms with Gasteiger partial charge < -0.3 is 45.0 Å². The molecule has 0 spiro atoms. The third-order valence-electron chi connectivity index (χ3n) is 6.81. The highest BCUT2D eigenvalue weighted by Gasteiger charge is 2.23. The van der Waals surface area contributed by atoms with E-state index in [2.05, 4.69) is 21.3 Å². The molecule has 1 aromatic carbocycles. The van der Waals surface area contributed by atoms with Crippen molar-refractivity contribution >= 4 is 47.1 Å². The van der Waals surface area contributed by atoms with Crippen LogP contribution in [0.4, 0.5) is 5.69 Å². The first-order valence-corrected chi connectivity index (χ1v) is 16.2. The first kappa shape index (κ1) is 41.5. The second kappa shape index (κ2) is 23.6. The summed E-state index contributed by atoms with van der Waals surface area (Å²) in [7, 11) is 0. The zero-order chi connectivity index (χ0) is 36.7. The van der Waals surface area contributed by atoms with E-state index in [-0.39, 0.29) is 64.2 Å². The third kappa shape index (κ3) is 17.6. The highest BCUT2D eigenvalue weighted by Crippen LogP contribution is 2.11. The highest BCUT2D eigenvalue weighted by molar-refractivity contribution is 6.13. The van der Waals surface area contributed by atoms with Crippen LogP contribution in [0, 0.1) is 0 Å². The number of nitrogens with one attached hydrogen (secondary N) is 4. The Morgan fingerprint density at radius 1 is 0.680 bits per heavy atom. The predicted octanol–water partition coefficient (Wildman–Crippen LogP) is -0.415. The minimum Gasteiger partial charge on any atom is -0.461 e. The first-order chi connectivity index (χ1) is 24.0. The lowest BCUT2D eigenvalue weighted by Crippen LogP contribution is -2.50. The smallest absolute Gasteiger partial charge is 0.302 e. The van der Waals surface area contributed by atoms with E-state index in [9.17, 15) is 33.6 Å². The maximum atomic E-state index is 12.5. The van der Waals surface area contributed by atoms with Gasteiger partial charge in [0.25, 0.3) is 11.8 Å². The number of hydrogen-bond acceptors (Lipinski definition) is 12. The molecule has 0 bridgehead atoms. The van der Waals surface area contributed by atoms with Crippen molar-refractivity contribution in [2.75, 3.05) is 71.3 Å². The van der Waals surface area contributed by atoms with E-state index in [1.165, 1.54) is 32.9 Å². The minimum atomic E-state index is -0.872. The summed E-state index contributed by atoms with van der Waals surface area (Å²) in [5, 5.41) is 10.5. The molecule has 17 heteroatoms. The fourth-order valence-corrected chi connectivity index (χ4v) is 4.05. The largest absolute Gasteiger partial charge is 0.461 e. The number of carbonyl (C=O) groups is 7. The molecule has 2 atom stereocenters. The summed E-state index contributed by atoms with van der Waals surface area (Å²) in [6.45, 7) is 7.13. The van der Waals surface area contributed by atoms with Gasteiger partial charge in [-0.3, -0.25) is 38.5 Å². The Kier molecular flexibility index (Phi) is 19.6. The Balaban J connectivity index is 1.39. The van der Waals surface area contributed by atoms with E-state index >= 15 is 0 Å². The van der Waals surface area contributed by atoms with Gasteiger partial charge >= 0.3 is 5.97 Å². The van der Waals surface area contributed by atoms with Crippen molar-refractivity contribution in [1.29, 1.82) is 0 Å². The van der Waals surface area contributed by atoms with Crippen molar-refractivity contribution in [3.63, 3.8) is 0 Å². The van der Waals surface area contributed by atoms with Crippen LogP contribution in [0.3, 0.4) is 0 Å². The Bertz CT molecular complexity index is 1300. The Labute approximate surface area is 290 Å². The van der Waals surface area contributed by atoms with Crippen LogP contribution in [0.25, 0.3) is 0 Å². The van der Waals surface area contributed by atoms with E-state index in [0.717, 1.165) is 10.5 Å². The second-order valence-corrected chi connectivity index (χ2v) is 10.9. The van der Waals surface area contributed by atoms with Crippen LogP contribution >= 0.6 is 0 Å². The monoisotopic (exact) mass is 705 g/mol. The Hall–Kier alpha value is -4.71. The number of ether oxygens (including phenoxy) is 5. The van der Waals surface area contributed by atoms with Gasteiger partial charge in [0, 0.05) is 50.7 Å².